The first-order valence-electron chi connectivity index (χ1n) is 7.27. The van der Waals surface area contributed by atoms with Crippen LogP contribution in [0.4, 0.5) is 0 Å². The smallest absolute Gasteiger partial charge is 0.138 e. The van der Waals surface area contributed by atoms with Crippen LogP contribution in [-0.2, 0) is 13.0 Å². The van der Waals surface area contributed by atoms with E-state index >= 15 is 0 Å². The minimum Gasteiger partial charge on any atom is -0.337 e. The van der Waals surface area contributed by atoms with E-state index in [-0.39, 0.29) is 0 Å². The van der Waals surface area contributed by atoms with Gasteiger partial charge in [0.05, 0.1) is 12.4 Å². The maximum absolute atomic E-state index is 4.44. The highest BCUT2D eigenvalue weighted by atomic mass is 15.3. The van der Waals surface area contributed by atoms with Crippen molar-refractivity contribution in [3.8, 4) is 0 Å². The van der Waals surface area contributed by atoms with Crippen LogP contribution in [0, 0.1) is 0 Å². The Morgan fingerprint density at radius 2 is 2.11 bits per heavy atom. The van der Waals surface area contributed by atoms with Crippen LogP contribution < -0.4 is 0 Å². The Balaban J connectivity index is 1.57. The number of hydrogen-bond acceptors (Lipinski definition) is 3. The summed E-state index contributed by atoms with van der Waals surface area (Å²) in [5, 5.41) is 4.44. The summed E-state index contributed by atoms with van der Waals surface area (Å²) in [4.78, 5) is 8.50. The maximum atomic E-state index is 4.44. The summed E-state index contributed by atoms with van der Waals surface area (Å²) in [5.41, 5.74) is 0. The van der Waals surface area contributed by atoms with Gasteiger partial charge in [-0.2, -0.15) is 5.10 Å². The Kier molecular flexibility index (Phi) is 3.91. The second-order valence-electron chi connectivity index (χ2n) is 5.32. The Bertz CT molecular complexity index is 482. The van der Waals surface area contributed by atoms with Crippen molar-refractivity contribution in [2.75, 3.05) is 0 Å². The third-order valence-electron chi connectivity index (χ3n) is 3.94. The monoisotopic (exact) mass is 259 g/mol. The van der Waals surface area contributed by atoms with E-state index in [9.17, 15) is 0 Å². The fourth-order valence-electron chi connectivity index (χ4n) is 2.92. The van der Waals surface area contributed by atoms with Crippen molar-refractivity contribution in [1.29, 1.82) is 0 Å². The topological polar surface area (TPSA) is 48.5 Å². The number of nitrogens with zero attached hydrogens (tertiary/aromatic N) is 5. The molecule has 1 aliphatic carbocycles. The zero-order valence-electron chi connectivity index (χ0n) is 11.3. The van der Waals surface area contributed by atoms with Crippen molar-refractivity contribution >= 4 is 0 Å². The molecule has 19 heavy (non-hydrogen) atoms. The molecule has 0 unspecified atom stereocenters. The van der Waals surface area contributed by atoms with Crippen molar-refractivity contribution in [3.63, 3.8) is 0 Å². The van der Waals surface area contributed by atoms with E-state index in [2.05, 4.69) is 24.3 Å². The van der Waals surface area contributed by atoms with Gasteiger partial charge in [-0.3, -0.25) is 0 Å². The van der Waals surface area contributed by atoms with Gasteiger partial charge in [0.2, 0.25) is 0 Å². The molecule has 0 spiro atoms. The molecule has 102 valence electrons. The second kappa shape index (κ2) is 5.99. The van der Waals surface area contributed by atoms with E-state index in [0.717, 1.165) is 25.2 Å². The van der Waals surface area contributed by atoms with Gasteiger partial charge in [0.25, 0.3) is 0 Å². The molecule has 0 aliphatic heterocycles. The van der Waals surface area contributed by atoms with Crippen LogP contribution in [0.15, 0.2) is 25.0 Å². The average Bonchev–Trinajstić information content (AvgIpc) is 3.11. The zero-order chi connectivity index (χ0) is 12.9. The molecular formula is C14H21N5. The van der Waals surface area contributed by atoms with Gasteiger partial charge in [0, 0.05) is 25.4 Å². The lowest BCUT2D eigenvalue weighted by molar-refractivity contribution is 0.319. The average molecular weight is 259 g/mol. The molecule has 3 rings (SSSR count). The zero-order valence-corrected chi connectivity index (χ0v) is 11.3. The van der Waals surface area contributed by atoms with Gasteiger partial charge in [-0.1, -0.05) is 19.3 Å². The summed E-state index contributed by atoms with van der Waals surface area (Å²) in [6.07, 6.45) is 16.1. The lowest BCUT2D eigenvalue weighted by Crippen LogP contribution is -2.17. The van der Waals surface area contributed by atoms with Crippen molar-refractivity contribution in [2.45, 2.75) is 57.5 Å². The second-order valence-corrected chi connectivity index (χ2v) is 5.32. The molecule has 0 aromatic carbocycles. The molecule has 0 bridgehead atoms. The van der Waals surface area contributed by atoms with Crippen LogP contribution in [0.2, 0.25) is 0 Å². The van der Waals surface area contributed by atoms with E-state index in [0.29, 0.717) is 6.04 Å². The Labute approximate surface area is 113 Å². The number of aromatic nitrogens is 5. The lowest BCUT2D eigenvalue weighted by atomic mass is 9.95. The van der Waals surface area contributed by atoms with Crippen LogP contribution in [0.1, 0.15) is 50.4 Å². The van der Waals surface area contributed by atoms with Gasteiger partial charge in [0.1, 0.15) is 12.2 Å². The summed E-state index contributed by atoms with van der Waals surface area (Å²) in [7, 11) is 0. The minimum absolute atomic E-state index is 0.583. The van der Waals surface area contributed by atoms with Crippen molar-refractivity contribution in [3.05, 3.63) is 30.9 Å². The van der Waals surface area contributed by atoms with Crippen molar-refractivity contribution in [1.82, 2.24) is 24.3 Å². The molecule has 2 aromatic heterocycles. The van der Waals surface area contributed by atoms with Gasteiger partial charge >= 0.3 is 0 Å². The molecule has 0 atom stereocenters. The maximum Gasteiger partial charge on any atom is 0.138 e. The number of aryl methyl sites for hydroxylation is 2. The van der Waals surface area contributed by atoms with E-state index in [1.807, 2.05) is 18.7 Å². The molecule has 5 nitrogen and oxygen atoms in total. The highest BCUT2D eigenvalue weighted by Gasteiger charge is 2.18. The Morgan fingerprint density at radius 1 is 1.21 bits per heavy atom. The fraction of sp³-hybridized carbons (Fsp3) is 0.643. The molecular weight excluding hydrogens is 238 g/mol. The normalized spacial score (nSPS) is 16.8. The molecule has 0 saturated heterocycles. The minimum atomic E-state index is 0.583. The van der Waals surface area contributed by atoms with Crippen LogP contribution in [0.3, 0.4) is 0 Å². The van der Waals surface area contributed by atoms with Crippen molar-refractivity contribution in [2.24, 2.45) is 0 Å². The van der Waals surface area contributed by atoms with Crippen molar-refractivity contribution < 1.29 is 0 Å². The molecule has 2 aromatic rings. The summed E-state index contributed by atoms with van der Waals surface area (Å²) >= 11 is 0. The van der Waals surface area contributed by atoms with Crippen LogP contribution in [-0.4, -0.2) is 24.3 Å². The molecule has 1 saturated carbocycles. The van der Waals surface area contributed by atoms with E-state index < -0.39 is 0 Å². The van der Waals surface area contributed by atoms with E-state index in [4.69, 9.17) is 0 Å². The molecule has 0 radical (unpaired) electrons. The molecule has 1 aliphatic rings. The standard InChI is InChI=1S/C14H21N5/c1-2-5-13(6-3-1)19-14(16-11-17-19)7-4-9-18-10-8-15-12-18/h8,10-13H,1-7,9H2. The summed E-state index contributed by atoms with van der Waals surface area (Å²) in [5.74, 6) is 1.15. The van der Waals surface area contributed by atoms with Gasteiger partial charge < -0.3 is 4.57 Å². The van der Waals surface area contributed by atoms with E-state index in [1.165, 1.54) is 32.1 Å². The predicted octanol–water partition coefficient (Wildman–Crippen LogP) is 2.61. The van der Waals surface area contributed by atoms with E-state index in [1.54, 1.807) is 6.33 Å². The highest BCUT2D eigenvalue weighted by molar-refractivity contribution is 4.89. The summed E-state index contributed by atoms with van der Waals surface area (Å²) in [6.45, 7) is 0.998. The molecule has 5 heteroatoms. The first-order chi connectivity index (χ1) is 9.43. The summed E-state index contributed by atoms with van der Waals surface area (Å²) < 4.78 is 4.29. The quantitative estimate of drug-likeness (QED) is 0.829. The molecule has 1 fully saturated rings. The Hall–Kier alpha value is -1.65. The van der Waals surface area contributed by atoms with Gasteiger partial charge in [-0.25, -0.2) is 14.6 Å². The number of hydrogen-bond donors (Lipinski definition) is 0. The largest absolute Gasteiger partial charge is 0.337 e. The van der Waals surface area contributed by atoms with Gasteiger partial charge in [-0.15, -0.1) is 0 Å². The molecule has 2 heterocycles. The van der Waals surface area contributed by atoms with Crippen LogP contribution in [0.5, 0.6) is 0 Å². The highest BCUT2D eigenvalue weighted by Crippen LogP contribution is 2.28. The predicted molar refractivity (Wildman–Crippen MR) is 72.7 cm³/mol. The first-order valence-corrected chi connectivity index (χ1v) is 7.27. The van der Waals surface area contributed by atoms with Crippen LogP contribution >= 0.6 is 0 Å². The van der Waals surface area contributed by atoms with Gasteiger partial charge in [-0.05, 0) is 19.3 Å². The SMILES string of the molecule is c1cn(CCCc2ncnn2C2CCCCC2)cn1. The first kappa shape index (κ1) is 12.4. The molecule has 0 N–H and O–H groups in total. The summed E-state index contributed by atoms with van der Waals surface area (Å²) in [6, 6.07) is 0.583. The van der Waals surface area contributed by atoms with Crippen LogP contribution in [0.25, 0.3) is 0 Å². The number of rotatable bonds is 5. The third-order valence-corrected chi connectivity index (χ3v) is 3.94. The Morgan fingerprint density at radius 3 is 2.89 bits per heavy atom. The number of imidazole rings is 1. The molecule has 0 amide bonds. The fourth-order valence-corrected chi connectivity index (χ4v) is 2.92. The lowest BCUT2D eigenvalue weighted by Gasteiger charge is -2.23. The van der Waals surface area contributed by atoms with Gasteiger partial charge in [0.15, 0.2) is 0 Å². The third kappa shape index (κ3) is 3.03.